The van der Waals surface area contributed by atoms with Gasteiger partial charge in [-0.05, 0) is 42.5 Å². The van der Waals surface area contributed by atoms with E-state index in [4.69, 9.17) is 14.9 Å². The number of carbonyl (C=O) groups excluding carboxylic acids is 1. The number of fused-ring (bicyclic) bond motifs is 4. The van der Waals surface area contributed by atoms with Crippen LogP contribution in [0.2, 0.25) is 0 Å². The first-order valence-electron chi connectivity index (χ1n) is 10.2. The van der Waals surface area contributed by atoms with Crippen LogP contribution in [0.4, 0.5) is 5.95 Å². The Balaban J connectivity index is 1.65. The van der Waals surface area contributed by atoms with Gasteiger partial charge in [-0.1, -0.05) is 24.3 Å². The monoisotopic (exact) mass is 429 g/mol. The van der Waals surface area contributed by atoms with E-state index >= 15 is 0 Å². The third-order valence-corrected chi connectivity index (χ3v) is 6.10. The fraction of sp³-hybridized carbons (Fsp3) is 0.227. The van der Waals surface area contributed by atoms with Crippen LogP contribution in [0.3, 0.4) is 0 Å². The number of hydrogen-bond acceptors (Lipinski definition) is 8. The van der Waals surface area contributed by atoms with E-state index in [1.54, 1.807) is 29.3 Å². The lowest BCUT2D eigenvalue weighted by Crippen LogP contribution is -2.47. The zero-order chi connectivity index (χ0) is 21.9. The van der Waals surface area contributed by atoms with E-state index in [-0.39, 0.29) is 5.95 Å². The maximum atomic E-state index is 13.3. The van der Waals surface area contributed by atoms with Crippen LogP contribution in [0.5, 0.6) is 0 Å². The highest BCUT2D eigenvalue weighted by molar-refractivity contribution is 5.93. The summed E-state index contributed by atoms with van der Waals surface area (Å²) in [6, 6.07) is 11.4. The number of rotatable bonds is 3. The molecule has 4 aromatic heterocycles. The van der Waals surface area contributed by atoms with Crippen LogP contribution in [0.25, 0.3) is 28.3 Å². The molecule has 1 aliphatic carbocycles. The van der Waals surface area contributed by atoms with E-state index in [0.29, 0.717) is 34.7 Å². The minimum absolute atomic E-state index is 0.128. The Morgan fingerprint density at radius 1 is 1.19 bits per heavy atom. The molecule has 160 valence electrons. The second-order valence-corrected chi connectivity index (χ2v) is 7.77. The molecule has 1 aromatic carbocycles. The smallest absolute Gasteiger partial charge is 0.338 e. The second kappa shape index (κ2) is 6.64. The molecular formula is C22H19N7O3. The molecule has 5 aromatic rings. The van der Waals surface area contributed by atoms with Gasteiger partial charge in [-0.2, -0.15) is 14.6 Å². The SMILES string of the molecule is COC(=O)C1(n2ncc3c2nc(N)n2nc(-c4ccco4)nc32)CCCc2ccccc21. The van der Waals surface area contributed by atoms with Gasteiger partial charge in [-0.3, -0.25) is 0 Å². The maximum Gasteiger partial charge on any atom is 0.338 e. The first-order valence-corrected chi connectivity index (χ1v) is 10.2. The summed E-state index contributed by atoms with van der Waals surface area (Å²) < 4.78 is 13.8. The van der Waals surface area contributed by atoms with Gasteiger partial charge >= 0.3 is 5.97 Å². The van der Waals surface area contributed by atoms with Gasteiger partial charge in [0.25, 0.3) is 0 Å². The molecular weight excluding hydrogens is 410 g/mol. The molecule has 0 aliphatic heterocycles. The summed E-state index contributed by atoms with van der Waals surface area (Å²) in [5.41, 5.74) is 7.98. The second-order valence-electron chi connectivity index (χ2n) is 7.77. The highest BCUT2D eigenvalue weighted by Crippen LogP contribution is 2.41. The van der Waals surface area contributed by atoms with Crippen LogP contribution < -0.4 is 5.73 Å². The number of benzene rings is 1. The van der Waals surface area contributed by atoms with E-state index in [1.165, 1.54) is 11.6 Å². The number of methoxy groups -OCH3 is 1. The molecule has 0 fully saturated rings. The van der Waals surface area contributed by atoms with Gasteiger partial charge in [-0.25, -0.2) is 14.5 Å². The Morgan fingerprint density at radius 3 is 2.88 bits per heavy atom. The lowest BCUT2D eigenvalue weighted by Gasteiger charge is -2.36. The van der Waals surface area contributed by atoms with Crippen molar-refractivity contribution in [3.8, 4) is 11.6 Å². The predicted molar refractivity (Wildman–Crippen MR) is 115 cm³/mol. The maximum absolute atomic E-state index is 13.3. The number of ether oxygens (including phenoxy) is 1. The third-order valence-electron chi connectivity index (χ3n) is 6.10. The van der Waals surface area contributed by atoms with Crippen molar-refractivity contribution in [1.82, 2.24) is 29.4 Å². The Hall–Kier alpha value is -4.21. The highest BCUT2D eigenvalue weighted by atomic mass is 16.5. The van der Waals surface area contributed by atoms with Gasteiger partial charge in [-0.15, -0.1) is 5.10 Å². The lowest BCUT2D eigenvalue weighted by atomic mass is 9.76. The van der Waals surface area contributed by atoms with Gasteiger partial charge in [0.1, 0.15) is 0 Å². The average molecular weight is 429 g/mol. The molecule has 4 heterocycles. The topological polar surface area (TPSA) is 126 Å². The summed E-state index contributed by atoms with van der Waals surface area (Å²) in [7, 11) is 1.39. The molecule has 0 radical (unpaired) electrons. The van der Waals surface area contributed by atoms with Crippen LogP contribution in [0, 0.1) is 0 Å². The minimum Gasteiger partial charge on any atom is -0.467 e. The molecule has 6 rings (SSSR count). The number of anilines is 1. The summed E-state index contributed by atoms with van der Waals surface area (Å²) in [6.45, 7) is 0. The zero-order valence-corrected chi connectivity index (χ0v) is 17.2. The molecule has 0 spiro atoms. The molecule has 1 unspecified atom stereocenters. The molecule has 1 atom stereocenters. The fourth-order valence-corrected chi connectivity index (χ4v) is 4.70. The number of furan rings is 1. The van der Waals surface area contributed by atoms with Crippen molar-refractivity contribution in [3.05, 3.63) is 60.0 Å². The summed E-state index contributed by atoms with van der Waals surface area (Å²) in [6.07, 6.45) is 5.41. The van der Waals surface area contributed by atoms with Crippen LogP contribution in [-0.4, -0.2) is 42.4 Å². The Labute approximate surface area is 181 Å². The molecule has 2 N–H and O–H groups in total. The van der Waals surface area contributed by atoms with Gasteiger partial charge < -0.3 is 14.9 Å². The zero-order valence-electron chi connectivity index (χ0n) is 17.2. The highest BCUT2D eigenvalue weighted by Gasteiger charge is 2.48. The molecule has 10 heteroatoms. The third kappa shape index (κ3) is 2.37. The quantitative estimate of drug-likeness (QED) is 0.434. The van der Waals surface area contributed by atoms with Crippen molar-refractivity contribution in [3.63, 3.8) is 0 Å². The Kier molecular flexibility index (Phi) is 3.85. The van der Waals surface area contributed by atoms with Crippen molar-refractivity contribution in [2.45, 2.75) is 24.8 Å². The van der Waals surface area contributed by atoms with Crippen LogP contribution in [-0.2, 0) is 21.5 Å². The van der Waals surface area contributed by atoms with Crippen molar-refractivity contribution >= 4 is 28.6 Å². The summed E-state index contributed by atoms with van der Waals surface area (Å²) in [5.74, 6) is 0.631. The van der Waals surface area contributed by atoms with Crippen molar-refractivity contribution < 1.29 is 13.9 Å². The average Bonchev–Trinajstić information content (AvgIpc) is 3.57. The molecule has 0 saturated carbocycles. The molecule has 1 aliphatic rings. The van der Waals surface area contributed by atoms with E-state index in [9.17, 15) is 4.79 Å². The minimum atomic E-state index is -1.15. The van der Waals surface area contributed by atoms with Crippen LogP contribution in [0.1, 0.15) is 24.0 Å². The first kappa shape index (κ1) is 18.6. The number of hydrogen-bond donors (Lipinski definition) is 1. The first-order chi connectivity index (χ1) is 15.6. The normalized spacial score (nSPS) is 18.2. The standard InChI is InChI=1S/C22H19N7O3/c1-31-20(30)22(10-4-7-13-6-2-3-8-15(13)22)29-19-14(12-24-29)18-25-17(16-9-5-11-32-16)27-28(18)21(23)26-19/h2-3,5-6,8-9,11-12H,4,7,10H2,1H3,(H2,23,26). The van der Waals surface area contributed by atoms with Crippen LogP contribution in [0.15, 0.2) is 53.3 Å². The largest absolute Gasteiger partial charge is 0.467 e. The number of aryl methyl sites for hydroxylation is 1. The van der Waals surface area contributed by atoms with Crippen LogP contribution >= 0.6 is 0 Å². The summed E-state index contributed by atoms with van der Waals surface area (Å²) in [4.78, 5) is 22.5. The fourth-order valence-electron chi connectivity index (χ4n) is 4.70. The molecule has 0 bridgehead atoms. The number of aromatic nitrogens is 6. The van der Waals surface area contributed by atoms with Crippen molar-refractivity contribution in [1.29, 1.82) is 0 Å². The van der Waals surface area contributed by atoms with Gasteiger partial charge in [0.2, 0.25) is 11.8 Å². The lowest BCUT2D eigenvalue weighted by molar-refractivity contribution is -0.150. The molecule has 0 saturated heterocycles. The van der Waals surface area contributed by atoms with Crippen molar-refractivity contribution in [2.75, 3.05) is 12.8 Å². The Bertz CT molecular complexity index is 1480. The van der Waals surface area contributed by atoms with Gasteiger partial charge in [0.15, 0.2) is 22.6 Å². The number of nitrogens with two attached hydrogens (primary N) is 1. The number of esters is 1. The van der Waals surface area contributed by atoms with Gasteiger partial charge in [0.05, 0.1) is 25.0 Å². The molecule has 0 amide bonds. The van der Waals surface area contributed by atoms with E-state index in [0.717, 1.165) is 24.0 Å². The number of carbonyl (C=O) groups is 1. The van der Waals surface area contributed by atoms with E-state index in [2.05, 4.69) is 20.2 Å². The summed E-state index contributed by atoms with van der Waals surface area (Å²) in [5, 5.41) is 9.66. The molecule has 10 nitrogen and oxygen atoms in total. The Morgan fingerprint density at radius 2 is 2.06 bits per heavy atom. The van der Waals surface area contributed by atoms with E-state index < -0.39 is 11.5 Å². The van der Waals surface area contributed by atoms with Crippen molar-refractivity contribution in [2.24, 2.45) is 0 Å². The van der Waals surface area contributed by atoms with Gasteiger partial charge in [0, 0.05) is 0 Å². The number of nitrogen functional groups attached to an aromatic ring is 1. The summed E-state index contributed by atoms with van der Waals surface area (Å²) >= 11 is 0. The molecule has 32 heavy (non-hydrogen) atoms. The predicted octanol–water partition coefficient (Wildman–Crippen LogP) is 2.57. The number of nitrogens with zero attached hydrogens (tertiary/aromatic N) is 6. The van der Waals surface area contributed by atoms with E-state index in [1.807, 2.05) is 24.3 Å².